The minimum atomic E-state index is -0.0415. The number of hydrogen-bond acceptors (Lipinski definition) is 8. The molecule has 2 fully saturated rings. The standard InChI is InChI=1S/C29H33N7O2/c1-19-3-2-4-26(35-19)28-27(33-18-34-28)21-5-6-25-23(11-21)12-24(15-32-25)31-8-10-36-9-7-22(16-36)29(37)38-17-20-13-30-14-20/h2-6,11-12,15,18,20,22,30-31H,7-10,13-14,16-17H2,1H3,(H,33,34)/t22-/m0/s1. The lowest BCUT2D eigenvalue weighted by atomic mass is 10.0. The molecule has 2 aliphatic rings. The number of rotatable bonds is 9. The highest BCUT2D eigenvalue weighted by atomic mass is 16.5. The molecule has 38 heavy (non-hydrogen) atoms. The molecule has 4 aromatic rings. The Labute approximate surface area is 222 Å². The molecule has 3 N–H and O–H groups in total. The van der Waals surface area contributed by atoms with E-state index in [1.54, 1.807) is 6.33 Å². The first kappa shape index (κ1) is 24.5. The quantitative estimate of drug-likeness (QED) is 0.293. The summed E-state index contributed by atoms with van der Waals surface area (Å²) >= 11 is 0. The van der Waals surface area contributed by atoms with E-state index in [2.05, 4.69) is 53.7 Å². The highest BCUT2D eigenvalue weighted by molar-refractivity contribution is 5.88. The number of imidazole rings is 1. The number of esters is 1. The molecule has 3 aromatic heterocycles. The lowest BCUT2D eigenvalue weighted by Gasteiger charge is -2.26. The van der Waals surface area contributed by atoms with Crippen LogP contribution in [0.5, 0.6) is 0 Å². The molecule has 9 nitrogen and oxygen atoms in total. The molecule has 196 valence electrons. The van der Waals surface area contributed by atoms with Crippen LogP contribution in [0.3, 0.4) is 0 Å². The lowest BCUT2D eigenvalue weighted by molar-refractivity contribution is -0.150. The zero-order valence-corrected chi connectivity index (χ0v) is 21.6. The summed E-state index contributed by atoms with van der Waals surface area (Å²) in [7, 11) is 0. The first-order chi connectivity index (χ1) is 18.6. The first-order valence-electron chi connectivity index (χ1n) is 13.3. The number of aromatic nitrogens is 4. The molecule has 1 aromatic carbocycles. The molecule has 2 aliphatic heterocycles. The fourth-order valence-corrected chi connectivity index (χ4v) is 5.14. The average Bonchev–Trinajstić information content (AvgIpc) is 3.58. The number of anilines is 1. The molecule has 0 unspecified atom stereocenters. The normalized spacial score (nSPS) is 18.0. The van der Waals surface area contributed by atoms with Crippen LogP contribution in [-0.4, -0.2) is 76.7 Å². The third kappa shape index (κ3) is 5.39. The molecule has 0 amide bonds. The molecule has 5 heterocycles. The van der Waals surface area contributed by atoms with Gasteiger partial charge in [-0.2, -0.15) is 0 Å². The molecule has 0 spiro atoms. The number of benzene rings is 1. The van der Waals surface area contributed by atoms with Crippen molar-refractivity contribution in [1.29, 1.82) is 0 Å². The Kier molecular flexibility index (Phi) is 7.02. The molecule has 2 saturated heterocycles. The lowest BCUT2D eigenvalue weighted by Crippen LogP contribution is -2.45. The highest BCUT2D eigenvalue weighted by Crippen LogP contribution is 2.30. The summed E-state index contributed by atoms with van der Waals surface area (Å²) in [6.45, 7) is 7.79. The van der Waals surface area contributed by atoms with Gasteiger partial charge in [-0.1, -0.05) is 12.1 Å². The van der Waals surface area contributed by atoms with Gasteiger partial charge in [0.15, 0.2) is 0 Å². The van der Waals surface area contributed by atoms with Crippen molar-refractivity contribution in [2.24, 2.45) is 11.8 Å². The third-order valence-corrected chi connectivity index (χ3v) is 7.43. The fourth-order valence-electron chi connectivity index (χ4n) is 5.14. The van der Waals surface area contributed by atoms with E-state index >= 15 is 0 Å². The van der Waals surface area contributed by atoms with Gasteiger partial charge < -0.3 is 25.3 Å². The maximum Gasteiger partial charge on any atom is 0.310 e. The predicted octanol–water partition coefficient (Wildman–Crippen LogP) is 3.49. The second-order valence-corrected chi connectivity index (χ2v) is 10.3. The minimum absolute atomic E-state index is 0.00859. The molecule has 0 radical (unpaired) electrons. The van der Waals surface area contributed by atoms with Crippen LogP contribution in [-0.2, 0) is 9.53 Å². The number of ether oxygens (including phenoxy) is 1. The number of H-pyrrole nitrogens is 1. The van der Waals surface area contributed by atoms with E-state index in [1.807, 2.05) is 37.4 Å². The van der Waals surface area contributed by atoms with Crippen molar-refractivity contribution in [3.05, 3.63) is 60.7 Å². The SMILES string of the molecule is Cc1cccc(-c2[nH]cnc2-c2ccc3ncc(NCCN4CC[C@H](C(=O)OCC5CNC5)C4)cc3c2)n1. The smallest absolute Gasteiger partial charge is 0.310 e. The Morgan fingerprint density at radius 3 is 2.95 bits per heavy atom. The van der Waals surface area contributed by atoms with Gasteiger partial charge in [0.05, 0.1) is 53.3 Å². The number of fused-ring (bicyclic) bond motifs is 1. The van der Waals surface area contributed by atoms with Crippen LogP contribution in [0.2, 0.25) is 0 Å². The van der Waals surface area contributed by atoms with E-state index < -0.39 is 0 Å². The predicted molar refractivity (Wildman–Crippen MR) is 148 cm³/mol. The summed E-state index contributed by atoms with van der Waals surface area (Å²) in [5.74, 6) is 0.435. The van der Waals surface area contributed by atoms with Crippen molar-refractivity contribution in [2.75, 3.05) is 51.2 Å². The van der Waals surface area contributed by atoms with Crippen molar-refractivity contribution in [2.45, 2.75) is 13.3 Å². The number of nitrogens with zero attached hydrogens (tertiary/aromatic N) is 4. The number of pyridine rings is 2. The number of nitrogens with one attached hydrogen (secondary N) is 3. The molecule has 1 atom stereocenters. The van der Waals surface area contributed by atoms with Crippen LogP contribution in [0.25, 0.3) is 33.5 Å². The molecule has 0 bridgehead atoms. The Morgan fingerprint density at radius 1 is 1.18 bits per heavy atom. The van der Waals surface area contributed by atoms with Crippen LogP contribution in [0.4, 0.5) is 5.69 Å². The van der Waals surface area contributed by atoms with E-state index in [9.17, 15) is 4.79 Å². The van der Waals surface area contributed by atoms with E-state index in [0.717, 1.165) is 90.6 Å². The van der Waals surface area contributed by atoms with Gasteiger partial charge in [-0.05, 0) is 50.2 Å². The number of aryl methyl sites for hydroxylation is 1. The number of carbonyl (C=O) groups excluding carboxylic acids is 1. The highest BCUT2D eigenvalue weighted by Gasteiger charge is 2.30. The van der Waals surface area contributed by atoms with Crippen LogP contribution >= 0.6 is 0 Å². The minimum Gasteiger partial charge on any atom is -0.465 e. The summed E-state index contributed by atoms with van der Waals surface area (Å²) in [6, 6.07) is 14.3. The third-order valence-electron chi connectivity index (χ3n) is 7.43. The molecule has 0 saturated carbocycles. The van der Waals surface area contributed by atoms with Gasteiger partial charge in [0, 0.05) is 55.3 Å². The van der Waals surface area contributed by atoms with Gasteiger partial charge in [-0.25, -0.2) is 4.98 Å². The van der Waals surface area contributed by atoms with Crippen molar-refractivity contribution in [3.8, 4) is 22.6 Å². The van der Waals surface area contributed by atoms with Gasteiger partial charge in [-0.3, -0.25) is 14.8 Å². The second kappa shape index (κ2) is 10.9. The number of aromatic amines is 1. The van der Waals surface area contributed by atoms with Crippen LogP contribution in [0.15, 0.2) is 55.0 Å². The van der Waals surface area contributed by atoms with Gasteiger partial charge in [0.1, 0.15) is 0 Å². The summed E-state index contributed by atoms with van der Waals surface area (Å²) in [6.07, 6.45) is 4.46. The van der Waals surface area contributed by atoms with Gasteiger partial charge in [-0.15, -0.1) is 0 Å². The summed E-state index contributed by atoms with van der Waals surface area (Å²) < 4.78 is 5.53. The monoisotopic (exact) mass is 511 g/mol. The fraction of sp³-hybridized carbons (Fsp3) is 0.379. The number of likely N-dealkylation sites (tertiary alicyclic amines) is 1. The van der Waals surface area contributed by atoms with Gasteiger partial charge in [0.25, 0.3) is 0 Å². The number of hydrogen-bond donors (Lipinski definition) is 3. The zero-order valence-electron chi connectivity index (χ0n) is 21.6. The van der Waals surface area contributed by atoms with Crippen LogP contribution < -0.4 is 10.6 Å². The number of carbonyl (C=O) groups is 1. The van der Waals surface area contributed by atoms with Crippen LogP contribution in [0.1, 0.15) is 12.1 Å². The van der Waals surface area contributed by atoms with Gasteiger partial charge in [0.2, 0.25) is 0 Å². The molecule has 9 heteroatoms. The van der Waals surface area contributed by atoms with E-state index in [0.29, 0.717) is 12.5 Å². The van der Waals surface area contributed by atoms with Crippen molar-refractivity contribution in [3.63, 3.8) is 0 Å². The maximum atomic E-state index is 12.4. The molecular weight excluding hydrogens is 478 g/mol. The van der Waals surface area contributed by atoms with Gasteiger partial charge >= 0.3 is 5.97 Å². The van der Waals surface area contributed by atoms with E-state index in [-0.39, 0.29) is 11.9 Å². The Hall–Kier alpha value is -3.82. The first-order valence-corrected chi connectivity index (χ1v) is 13.3. The molecule has 6 rings (SSSR count). The van der Waals surface area contributed by atoms with E-state index in [4.69, 9.17) is 4.74 Å². The van der Waals surface area contributed by atoms with Crippen molar-refractivity contribution < 1.29 is 9.53 Å². The summed E-state index contributed by atoms with van der Waals surface area (Å²) in [5.41, 5.74) is 6.54. The molecule has 0 aliphatic carbocycles. The van der Waals surface area contributed by atoms with Crippen LogP contribution in [0, 0.1) is 18.8 Å². The van der Waals surface area contributed by atoms with E-state index in [1.165, 1.54) is 0 Å². The summed E-state index contributed by atoms with van der Waals surface area (Å²) in [5, 5.41) is 7.76. The van der Waals surface area contributed by atoms with Crippen molar-refractivity contribution >= 4 is 22.6 Å². The summed E-state index contributed by atoms with van der Waals surface area (Å²) in [4.78, 5) is 31.8. The maximum absolute atomic E-state index is 12.4. The molecular formula is C29H33N7O2. The Morgan fingerprint density at radius 2 is 2.11 bits per heavy atom. The zero-order chi connectivity index (χ0) is 25.9. The van der Waals surface area contributed by atoms with Crippen molar-refractivity contribution in [1.82, 2.24) is 30.2 Å². The average molecular weight is 512 g/mol. The largest absolute Gasteiger partial charge is 0.465 e. The second-order valence-electron chi connectivity index (χ2n) is 10.3. The topological polar surface area (TPSA) is 108 Å². The Balaban J connectivity index is 1.07. The Bertz CT molecular complexity index is 1430.